The van der Waals surface area contributed by atoms with Crippen LogP contribution in [0, 0.1) is 0 Å². The van der Waals surface area contributed by atoms with E-state index in [0.717, 1.165) is 10.4 Å². The topological polar surface area (TPSA) is 84.5 Å². The van der Waals surface area contributed by atoms with E-state index in [-0.39, 0.29) is 30.3 Å². The fourth-order valence-electron chi connectivity index (χ4n) is 4.76. The first kappa shape index (κ1) is 22.8. The molecule has 4 aromatic rings. The number of aromatic nitrogens is 4. The van der Waals surface area contributed by atoms with Gasteiger partial charge in [0.2, 0.25) is 0 Å². The number of hydrogen-bond donors (Lipinski definition) is 1. The minimum Gasteiger partial charge on any atom is -0.332 e. The van der Waals surface area contributed by atoms with Crippen molar-refractivity contribution in [1.29, 1.82) is 0 Å². The largest absolute Gasteiger partial charge is 0.400 e. The number of nitrogens with one attached hydrogen (secondary N) is 1. The van der Waals surface area contributed by atoms with Gasteiger partial charge in [-0.15, -0.1) is 11.3 Å². The van der Waals surface area contributed by atoms with Crippen LogP contribution in [0.2, 0.25) is 0 Å². The van der Waals surface area contributed by atoms with Gasteiger partial charge < -0.3 is 10.2 Å². The summed E-state index contributed by atoms with van der Waals surface area (Å²) in [6, 6.07) is 6.83. The molecule has 0 saturated heterocycles. The first-order valence-corrected chi connectivity index (χ1v) is 12.3. The number of thiophene rings is 1. The van der Waals surface area contributed by atoms with Crippen LogP contribution in [0.25, 0.3) is 5.65 Å². The van der Waals surface area contributed by atoms with Crippen LogP contribution in [-0.2, 0) is 25.4 Å². The van der Waals surface area contributed by atoms with Crippen LogP contribution in [0.15, 0.2) is 42.0 Å². The molecule has 8 nitrogen and oxygen atoms in total. The van der Waals surface area contributed by atoms with E-state index in [1.54, 1.807) is 27.1 Å². The SMILES string of the molecule is Cn1nc(C2(C(F)(F)F)CC2)cc1NC(=O)c1csc2c1CCN(C(=O)c1cnc3ccccn13)C2. The van der Waals surface area contributed by atoms with E-state index < -0.39 is 17.5 Å². The number of alkyl halides is 3. The summed E-state index contributed by atoms with van der Waals surface area (Å²) < 4.78 is 43.5. The van der Waals surface area contributed by atoms with Crippen molar-refractivity contribution in [3.63, 3.8) is 0 Å². The fourth-order valence-corrected chi connectivity index (χ4v) is 5.85. The standard InChI is InChI=1S/C24H21F3N6O2S/c1-31-20(10-18(30-31)23(6-7-23)24(25,26)27)29-21(34)15-13-36-17-12-32(9-5-14(15)17)22(35)16-11-28-19-4-2-3-8-33(16)19/h2-4,8,10-11,13H,5-7,9,12H2,1H3,(H,29,34). The predicted molar refractivity (Wildman–Crippen MR) is 126 cm³/mol. The smallest absolute Gasteiger partial charge is 0.332 e. The van der Waals surface area contributed by atoms with Crippen molar-refractivity contribution in [1.82, 2.24) is 24.1 Å². The van der Waals surface area contributed by atoms with Crippen LogP contribution in [0.3, 0.4) is 0 Å². The molecule has 0 bridgehead atoms. The van der Waals surface area contributed by atoms with Gasteiger partial charge >= 0.3 is 6.18 Å². The number of amides is 2. The number of anilines is 1. The van der Waals surface area contributed by atoms with Crippen molar-refractivity contribution in [2.45, 2.75) is 37.4 Å². The summed E-state index contributed by atoms with van der Waals surface area (Å²) in [5.41, 5.74) is 0.513. The first-order chi connectivity index (χ1) is 17.2. The number of halogens is 3. The number of fused-ring (bicyclic) bond motifs is 2. The van der Waals surface area contributed by atoms with E-state index in [9.17, 15) is 22.8 Å². The van der Waals surface area contributed by atoms with Crippen molar-refractivity contribution >= 4 is 34.6 Å². The van der Waals surface area contributed by atoms with E-state index in [0.29, 0.717) is 36.4 Å². The predicted octanol–water partition coefficient (Wildman–Crippen LogP) is 4.17. The van der Waals surface area contributed by atoms with Crippen LogP contribution in [0.1, 0.15) is 49.8 Å². The second-order valence-electron chi connectivity index (χ2n) is 9.17. The Kier molecular flexibility index (Phi) is 5.01. The Morgan fingerprint density at radius 1 is 1.22 bits per heavy atom. The monoisotopic (exact) mass is 514 g/mol. The third kappa shape index (κ3) is 3.50. The molecule has 36 heavy (non-hydrogen) atoms. The quantitative estimate of drug-likeness (QED) is 0.443. The number of nitrogens with zero attached hydrogens (tertiary/aromatic N) is 5. The average Bonchev–Trinajstić information content (AvgIpc) is 3.22. The highest BCUT2D eigenvalue weighted by Crippen LogP contribution is 2.58. The highest BCUT2D eigenvalue weighted by Gasteiger charge is 2.65. The van der Waals surface area contributed by atoms with Crippen LogP contribution in [0.4, 0.5) is 19.0 Å². The molecule has 5 heterocycles. The summed E-state index contributed by atoms with van der Waals surface area (Å²) in [6.07, 6.45) is -0.513. The molecule has 0 unspecified atom stereocenters. The number of pyridine rings is 1. The molecular formula is C24H21F3N6O2S. The highest BCUT2D eigenvalue weighted by atomic mass is 32.1. The lowest BCUT2D eigenvalue weighted by Crippen LogP contribution is -2.36. The summed E-state index contributed by atoms with van der Waals surface area (Å²) in [5.74, 6) is -0.328. The van der Waals surface area contributed by atoms with Gasteiger partial charge in [0.1, 0.15) is 22.6 Å². The van der Waals surface area contributed by atoms with Crippen molar-refractivity contribution in [2.24, 2.45) is 7.05 Å². The Hall–Kier alpha value is -3.67. The van der Waals surface area contributed by atoms with Gasteiger partial charge in [-0.05, 0) is 37.0 Å². The second-order valence-corrected chi connectivity index (χ2v) is 10.1. The van der Waals surface area contributed by atoms with E-state index in [1.165, 1.54) is 29.1 Å². The van der Waals surface area contributed by atoms with E-state index >= 15 is 0 Å². The molecule has 1 fully saturated rings. The second kappa shape index (κ2) is 7.92. The van der Waals surface area contributed by atoms with Gasteiger partial charge in [0, 0.05) is 36.1 Å². The van der Waals surface area contributed by atoms with Gasteiger partial charge in [-0.1, -0.05) is 6.07 Å². The Balaban J connectivity index is 1.19. The molecule has 1 saturated carbocycles. The summed E-state index contributed by atoms with van der Waals surface area (Å²) in [4.78, 5) is 33.1. The van der Waals surface area contributed by atoms with E-state index in [4.69, 9.17) is 0 Å². The molecule has 6 rings (SSSR count). The number of rotatable bonds is 4. The molecule has 0 atom stereocenters. The molecular weight excluding hydrogens is 493 g/mol. The van der Waals surface area contributed by atoms with E-state index in [1.807, 2.05) is 18.2 Å². The summed E-state index contributed by atoms with van der Waals surface area (Å²) >= 11 is 1.39. The number of carbonyl (C=O) groups is 2. The van der Waals surface area contributed by atoms with Gasteiger partial charge in [-0.2, -0.15) is 18.3 Å². The van der Waals surface area contributed by atoms with Crippen LogP contribution in [0.5, 0.6) is 0 Å². The zero-order valence-corrected chi connectivity index (χ0v) is 20.0. The van der Waals surface area contributed by atoms with Crippen LogP contribution in [-0.4, -0.2) is 48.6 Å². The van der Waals surface area contributed by atoms with Gasteiger partial charge in [0.15, 0.2) is 0 Å². The van der Waals surface area contributed by atoms with Crippen molar-refractivity contribution in [3.8, 4) is 0 Å². The molecule has 1 aliphatic heterocycles. The highest BCUT2D eigenvalue weighted by molar-refractivity contribution is 7.10. The molecule has 2 aliphatic rings. The van der Waals surface area contributed by atoms with Crippen LogP contribution < -0.4 is 5.32 Å². The van der Waals surface area contributed by atoms with Gasteiger partial charge in [-0.3, -0.25) is 18.7 Å². The number of carbonyl (C=O) groups excluding carboxylic acids is 2. The number of aryl methyl sites for hydroxylation is 1. The maximum atomic E-state index is 13.5. The Morgan fingerprint density at radius 2 is 2.03 bits per heavy atom. The van der Waals surface area contributed by atoms with Gasteiger partial charge in [0.25, 0.3) is 11.8 Å². The third-order valence-corrected chi connectivity index (χ3v) is 8.03. The third-order valence-electron chi connectivity index (χ3n) is 7.02. The molecule has 0 spiro atoms. The first-order valence-electron chi connectivity index (χ1n) is 11.4. The summed E-state index contributed by atoms with van der Waals surface area (Å²) in [7, 11) is 1.51. The summed E-state index contributed by atoms with van der Waals surface area (Å²) in [6.45, 7) is 0.809. The lowest BCUT2D eigenvalue weighted by molar-refractivity contribution is -0.161. The minimum atomic E-state index is -4.37. The Labute approximate surface area is 207 Å². The fraction of sp³-hybridized carbons (Fsp3) is 0.333. The Morgan fingerprint density at radius 3 is 2.78 bits per heavy atom. The normalized spacial score (nSPS) is 16.7. The zero-order chi connectivity index (χ0) is 25.2. The lowest BCUT2D eigenvalue weighted by Gasteiger charge is -2.27. The molecule has 186 valence electrons. The molecule has 4 aromatic heterocycles. The average molecular weight is 515 g/mol. The molecule has 12 heteroatoms. The maximum absolute atomic E-state index is 13.5. The molecule has 1 N–H and O–H groups in total. The number of imidazole rings is 1. The lowest BCUT2D eigenvalue weighted by atomic mass is 10.0. The van der Waals surface area contributed by atoms with E-state index in [2.05, 4.69) is 15.4 Å². The zero-order valence-electron chi connectivity index (χ0n) is 19.2. The van der Waals surface area contributed by atoms with Gasteiger partial charge in [-0.25, -0.2) is 4.98 Å². The molecule has 0 radical (unpaired) electrons. The maximum Gasteiger partial charge on any atom is 0.400 e. The minimum absolute atomic E-state index is 0.00322. The summed E-state index contributed by atoms with van der Waals surface area (Å²) in [5, 5.41) is 8.50. The van der Waals surface area contributed by atoms with Crippen LogP contribution >= 0.6 is 11.3 Å². The van der Waals surface area contributed by atoms with Gasteiger partial charge in [0.05, 0.1) is 24.0 Å². The number of hydrogen-bond acceptors (Lipinski definition) is 5. The van der Waals surface area contributed by atoms with Crippen molar-refractivity contribution < 1.29 is 22.8 Å². The van der Waals surface area contributed by atoms with Crippen molar-refractivity contribution in [2.75, 3.05) is 11.9 Å². The molecule has 1 aliphatic carbocycles. The molecule has 2 amide bonds. The van der Waals surface area contributed by atoms with Crippen molar-refractivity contribution in [3.05, 3.63) is 69.4 Å². The molecule has 0 aromatic carbocycles. The Bertz CT molecular complexity index is 1510.